The van der Waals surface area contributed by atoms with Crippen LogP contribution in [0.25, 0.3) is 0 Å². The number of benzene rings is 1. The van der Waals surface area contributed by atoms with Gasteiger partial charge in [-0.2, -0.15) is 0 Å². The summed E-state index contributed by atoms with van der Waals surface area (Å²) in [6.07, 6.45) is 2.64. The van der Waals surface area contributed by atoms with E-state index in [1.165, 1.54) is 12.8 Å². The van der Waals surface area contributed by atoms with Crippen LogP contribution >= 0.6 is 27.5 Å². The van der Waals surface area contributed by atoms with Gasteiger partial charge in [0.25, 0.3) is 0 Å². The molecule has 0 bridgehead atoms. The number of nitrogens with two attached hydrogens (primary N) is 1. The van der Waals surface area contributed by atoms with Gasteiger partial charge in [-0.15, -0.1) is 0 Å². The molecule has 0 radical (unpaired) electrons. The Kier molecular flexibility index (Phi) is 4.47. The minimum absolute atomic E-state index is 0.495. The summed E-state index contributed by atoms with van der Waals surface area (Å²) in [7, 11) is 2.13. The summed E-state index contributed by atoms with van der Waals surface area (Å²) in [5, 5.41) is 0.817. The predicted octanol–water partition coefficient (Wildman–Crippen LogP) is 3.27. The fraction of sp³-hybridized carbons (Fsp3) is 0.538. The summed E-state index contributed by atoms with van der Waals surface area (Å²) >= 11 is 9.65. The van der Waals surface area contributed by atoms with Gasteiger partial charge < -0.3 is 5.73 Å². The summed E-state index contributed by atoms with van der Waals surface area (Å²) in [6.45, 7) is 1.60. The van der Waals surface area contributed by atoms with E-state index >= 15 is 0 Å². The van der Waals surface area contributed by atoms with E-state index in [1.54, 1.807) is 0 Å². The number of hydrogen-bond acceptors (Lipinski definition) is 2. The quantitative estimate of drug-likeness (QED) is 0.903. The predicted molar refractivity (Wildman–Crippen MR) is 76.2 cm³/mol. The van der Waals surface area contributed by atoms with Crippen molar-refractivity contribution in [1.82, 2.24) is 4.90 Å². The van der Waals surface area contributed by atoms with E-state index in [-0.39, 0.29) is 0 Å². The standard InChI is InChI=1S/C13H18BrClN2/c1-17(13(7-16)9-2-3-9)8-10-4-5-11(14)6-12(10)15/h4-6,9,13H,2-3,7-8,16H2,1H3. The van der Waals surface area contributed by atoms with Gasteiger partial charge in [0, 0.05) is 28.6 Å². The van der Waals surface area contributed by atoms with Crippen LogP contribution in [0, 0.1) is 5.92 Å². The number of rotatable bonds is 5. The summed E-state index contributed by atoms with van der Waals surface area (Å²) < 4.78 is 1.02. The van der Waals surface area contributed by atoms with Gasteiger partial charge in [-0.05, 0) is 43.5 Å². The highest BCUT2D eigenvalue weighted by Gasteiger charge is 2.32. The van der Waals surface area contributed by atoms with Crippen LogP contribution in [0.2, 0.25) is 5.02 Å². The van der Waals surface area contributed by atoms with Crippen molar-refractivity contribution in [2.75, 3.05) is 13.6 Å². The van der Waals surface area contributed by atoms with Crippen LogP contribution in [-0.4, -0.2) is 24.5 Å². The second-order valence-corrected chi connectivity index (χ2v) is 6.11. The lowest BCUT2D eigenvalue weighted by Crippen LogP contribution is -2.39. The lowest BCUT2D eigenvalue weighted by atomic mass is 10.1. The van der Waals surface area contributed by atoms with E-state index in [1.807, 2.05) is 12.1 Å². The molecule has 17 heavy (non-hydrogen) atoms. The Hall–Kier alpha value is -0.0900. The molecule has 0 spiro atoms. The molecule has 0 saturated heterocycles. The lowest BCUT2D eigenvalue weighted by molar-refractivity contribution is 0.215. The molecule has 0 heterocycles. The molecule has 1 aliphatic rings. The van der Waals surface area contributed by atoms with E-state index in [4.69, 9.17) is 17.3 Å². The van der Waals surface area contributed by atoms with Crippen molar-refractivity contribution in [3.05, 3.63) is 33.3 Å². The van der Waals surface area contributed by atoms with Crippen molar-refractivity contribution < 1.29 is 0 Å². The van der Waals surface area contributed by atoms with Crippen LogP contribution in [-0.2, 0) is 6.54 Å². The molecule has 2 nitrogen and oxygen atoms in total. The highest BCUT2D eigenvalue weighted by atomic mass is 79.9. The van der Waals surface area contributed by atoms with Gasteiger partial charge in [-0.1, -0.05) is 33.6 Å². The first-order valence-electron chi connectivity index (χ1n) is 5.96. The zero-order valence-corrected chi connectivity index (χ0v) is 12.3. The Morgan fingerprint density at radius 3 is 2.76 bits per heavy atom. The molecule has 2 rings (SSSR count). The van der Waals surface area contributed by atoms with Gasteiger partial charge in [0.15, 0.2) is 0 Å². The molecule has 1 saturated carbocycles. The smallest absolute Gasteiger partial charge is 0.0462 e. The van der Waals surface area contributed by atoms with E-state index in [0.717, 1.165) is 34.1 Å². The van der Waals surface area contributed by atoms with Crippen molar-refractivity contribution in [1.29, 1.82) is 0 Å². The molecule has 0 aromatic heterocycles. The molecule has 1 fully saturated rings. The average molecular weight is 318 g/mol. The molecular weight excluding hydrogens is 300 g/mol. The molecule has 2 N–H and O–H groups in total. The zero-order valence-electron chi connectivity index (χ0n) is 10.00. The fourth-order valence-corrected chi connectivity index (χ4v) is 2.98. The molecule has 1 unspecified atom stereocenters. The van der Waals surface area contributed by atoms with Crippen molar-refractivity contribution >= 4 is 27.5 Å². The minimum atomic E-state index is 0.495. The lowest BCUT2D eigenvalue weighted by Gasteiger charge is -2.27. The Balaban J connectivity index is 2.03. The van der Waals surface area contributed by atoms with Gasteiger partial charge >= 0.3 is 0 Å². The molecular formula is C13H18BrClN2. The van der Waals surface area contributed by atoms with E-state index in [2.05, 4.69) is 33.9 Å². The molecule has 1 aliphatic carbocycles. The molecule has 4 heteroatoms. The second kappa shape index (κ2) is 5.70. The average Bonchev–Trinajstić information content (AvgIpc) is 3.08. The summed E-state index contributed by atoms with van der Waals surface area (Å²) in [4.78, 5) is 2.33. The molecule has 1 aromatic rings. The first kappa shape index (κ1) is 13.3. The first-order chi connectivity index (χ1) is 8.11. The maximum Gasteiger partial charge on any atom is 0.0462 e. The molecule has 1 atom stereocenters. The van der Waals surface area contributed by atoms with Gasteiger partial charge in [0.2, 0.25) is 0 Å². The van der Waals surface area contributed by atoms with Gasteiger partial charge in [0.1, 0.15) is 0 Å². The fourth-order valence-electron chi connectivity index (χ4n) is 2.25. The zero-order chi connectivity index (χ0) is 12.4. The summed E-state index contributed by atoms with van der Waals surface area (Å²) in [5.74, 6) is 0.791. The Morgan fingerprint density at radius 1 is 1.53 bits per heavy atom. The van der Waals surface area contributed by atoms with Gasteiger partial charge in [0.05, 0.1) is 0 Å². The van der Waals surface area contributed by atoms with Crippen LogP contribution in [0.4, 0.5) is 0 Å². The number of hydrogen-bond donors (Lipinski definition) is 1. The van der Waals surface area contributed by atoms with Crippen molar-refractivity contribution in [2.45, 2.75) is 25.4 Å². The third-order valence-corrected chi connectivity index (χ3v) is 4.25. The Bertz CT molecular complexity index is 393. The van der Waals surface area contributed by atoms with Crippen LogP contribution in [0.3, 0.4) is 0 Å². The number of nitrogens with zero attached hydrogens (tertiary/aromatic N) is 1. The SMILES string of the molecule is CN(Cc1ccc(Br)cc1Cl)C(CN)C1CC1. The Morgan fingerprint density at radius 2 is 2.24 bits per heavy atom. The Labute approximate surface area is 116 Å². The largest absolute Gasteiger partial charge is 0.329 e. The summed E-state index contributed by atoms with van der Waals surface area (Å²) in [6, 6.07) is 6.54. The van der Waals surface area contributed by atoms with Crippen molar-refractivity contribution in [3.63, 3.8) is 0 Å². The van der Waals surface area contributed by atoms with Crippen LogP contribution in [0.5, 0.6) is 0 Å². The third-order valence-electron chi connectivity index (χ3n) is 3.41. The monoisotopic (exact) mass is 316 g/mol. The van der Waals surface area contributed by atoms with Crippen molar-refractivity contribution in [2.24, 2.45) is 11.7 Å². The van der Waals surface area contributed by atoms with Crippen LogP contribution < -0.4 is 5.73 Å². The second-order valence-electron chi connectivity index (χ2n) is 4.79. The van der Waals surface area contributed by atoms with Gasteiger partial charge in [-0.3, -0.25) is 4.90 Å². The van der Waals surface area contributed by atoms with Crippen LogP contribution in [0.1, 0.15) is 18.4 Å². The molecule has 1 aromatic carbocycles. The van der Waals surface area contributed by atoms with E-state index in [0.29, 0.717) is 6.04 Å². The number of halogens is 2. The molecule has 94 valence electrons. The van der Waals surface area contributed by atoms with Crippen molar-refractivity contribution in [3.8, 4) is 0 Å². The molecule has 0 aliphatic heterocycles. The maximum absolute atomic E-state index is 6.23. The van der Waals surface area contributed by atoms with E-state index < -0.39 is 0 Å². The number of likely N-dealkylation sites (N-methyl/N-ethyl adjacent to an activating group) is 1. The maximum atomic E-state index is 6.23. The third kappa shape index (κ3) is 3.44. The molecule has 0 amide bonds. The topological polar surface area (TPSA) is 29.3 Å². The summed E-state index contributed by atoms with van der Waals surface area (Å²) in [5.41, 5.74) is 7.01. The minimum Gasteiger partial charge on any atom is -0.329 e. The van der Waals surface area contributed by atoms with E-state index in [9.17, 15) is 0 Å². The first-order valence-corrected chi connectivity index (χ1v) is 7.13. The highest BCUT2D eigenvalue weighted by molar-refractivity contribution is 9.10. The highest BCUT2D eigenvalue weighted by Crippen LogP contribution is 2.35. The van der Waals surface area contributed by atoms with Gasteiger partial charge in [-0.25, -0.2) is 0 Å². The normalized spacial score (nSPS) is 17.5. The van der Waals surface area contributed by atoms with Crippen LogP contribution in [0.15, 0.2) is 22.7 Å².